The molecule has 1 N–H and O–H groups in total. The molecule has 8 nitrogen and oxygen atoms in total. The van der Waals surface area contributed by atoms with E-state index in [-0.39, 0.29) is 6.42 Å². The van der Waals surface area contributed by atoms with Crippen LogP contribution in [0.4, 0.5) is 11.4 Å². The zero-order valence-corrected chi connectivity index (χ0v) is 18.4. The summed E-state index contributed by atoms with van der Waals surface area (Å²) in [5.41, 5.74) is 1.57. The van der Waals surface area contributed by atoms with Gasteiger partial charge >= 0.3 is 5.97 Å². The molecule has 0 saturated heterocycles. The van der Waals surface area contributed by atoms with Crippen LogP contribution in [0.3, 0.4) is 0 Å². The minimum absolute atomic E-state index is 0.228. The van der Waals surface area contributed by atoms with Crippen molar-refractivity contribution in [2.24, 2.45) is 0 Å². The average molecular weight is 435 g/mol. The molecule has 0 heterocycles. The van der Waals surface area contributed by atoms with Gasteiger partial charge in [0.15, 0.2) is 0 Å². The van der Waals surface area contributed by atoms with E-state index in [1.807, 2.05) is 0 Å². The highest BCUT2D eigenvalue weighted by molar-refractivity contribution is 7.92. The molecule has 1 atom stereocenters. The Morgan fingerprint density at radius 2 is 1.80 bits per heavy atom. The molecule has 162 valence electrons. The second-order valence-corrected chi connectivity index (χ2v) is 8.50. The summed E-state index contributed by atoms with van der Waals surface area (Å²) < 4.78 is 36.2. The summed E-state index contributed by atoms with van der Waals surface area (Å²) in [5.74, 6) is -0.571. The second kappa shape index (κ2) is 9.62. The molecule has 0 saturated carbocycles. The first-order chi connectivity index (χ1) is 14.1. The molecule has 0 aliphatic rings. The molecule has 0 unspecified atom stereocenters. The van der Waals surface area contributed by atoms with Crippen molar-refractivity contribution in [2.75, 3.05) is 30.1 Å². The third-order valence-electron chi connectivity index (χ3n) is 4.63. The molecule has 0 aliphatic carbocycles. The normalized spacial score (nSPS) is 12.0. The summed E-state index contributed by atoms with van der Waals surface area (Å²) in [6, 6.07) is 10.3. The molecule has 0 radical (unpaired) electrons. The standard InChI is InChI=1S/C21H26N2O6S/c1-6-19(23(30(5,26)27)15-9-7-10-16(13-15)28-3)20(24)22-18-12-8-11-17(14(18)2)21(25)29-4/h7-13,19H,6H2,1-5H3,(H,22,24)/t19-/m1/s1. The zero-order chi connectivity index (χ0) is 22.5. The maximum atomic E-state index is 13.1. The molecule has 2 rings (SSSR count). The average Bonchev–Trinajstić information content (AvgIpc) is 2.71. The van der Waals surface area contributed by atoms with E-state index in [4.69, 9.17) is 9.47 Å². The van der Waals surface area contributed by atoms with Crippen LogP contribution >= 0.6 is 0 Å². The first-order valence-electron chi connectivity index (χ1n) is 9.26. The van der Waals surface area contributed by atoms with Crippen LogP contribution in [-0.4, -0.2) is 46.8 Å². The number of methoxy groups -OCH3 is 2. The lowest BCUT2D eigenvalue weighted by atomic mass is 10.1. The van der Waals surface area contributed by atoms with Crippen LogP contribution in [0.25, 0.3) is 0 Å². The van der Waals surface area contributed by atoms with E-state index in [9.17, 15) is 18.0 Å². The Labute approximate surface area is 176 Å². The molecule has 30 heavy (non-hydrogen) atoms. The highest BCUT2D eigenvalue weighted by atomic mass is 32.2. The van der Waals surface area contributed by atoms with Crippen LogP contribution in [0.15, 0.2) is 42.5 Å². The zero-order valence-electron chi connectivity index (χ0n) is 17.6. The number of hydrogen-bond acceptors (Lipinski definition) is 6. The first kappa shape index (κ1) is 23.2. The topological polar surface area (TPSA) is 102 Å². The van der Waals surface area contributed by atoms with Gasteiger partial charge in [0.05, 0.1) is 31.7 Å². The molecule has 2 aromatic carbocycles. The van der Waals surface area contributed by atoms with Crippen molar-refractivity contribution in [3.05, 3.63) is 53.6 Å². The number of anilines is 2. The smallest absolute Gasteiger partial charge is 0.338 e. The van der Waals surface area contributed by atoms with E-state index in [0.717, 1.165) is 10.6 Å². The summed E-state index contributed by atoms with van der Waals surface area (Å²) >= 11 is 0. The van der Waals surface area contributed by atoms with E-state index in [0.29, 0.717) is 28.3 Å². The molecule has 1 amide bonds. The Hall–Kier alpha value is -3.07. The fourth-order valence-corrected chi connectivity index (χ4v) is 4.33. The SMILES string of the molecule is CC[C@H](C(=O)Nc1cccc(C(=O)OC)c1C)N(c1cccc(OC)c1)S(C)(=O)=O. The van der Waals surface area contributed by atoms with Crippen molar-refractivity contribution in [1.29, 1.82) is 0 Å². The van der Waals surface area contributed by atoms with Gasteiger partial charge in [-0.3, -0.25) is 9.10 Å². The maximum Gasteiger partial charge on any atom is 0.338 e. The number of carbonyl (C=O) groups is 2. The van der Waals surface area contributed by atoms with E-state index in [1.165, 1.54) is 14.2 Å². The van der Waals surface area contributed by atoms with Gasteiger partial charge in [0.25, 0.3) is 0 Å². The molecule has 0 aromatic heterocycles. The number of amides is 1. The molecule has 0 bridgehead atoms. The molecule has 2 aromatic rings. The predicted molar refractivity (Wildman–Crippen MR) is 116 cm³/mol. The number of hydrogen-bond donors (Lipinski definition) is 1. The minimum Gasteiger partial charge on any atom is -0.497 e. The Bertz CT molecular complexity index is 1040. The molecular weight excluding hydrogens is 408 g/mol. The number of benzene rings is 2. The summed E-state index contributed by atoms with van der Waals surface area (Å²) in [6.45, 7) is 3.40. The van der Waals surface area contributed by atoms with Crippen LogP contribution in [0.5, 0.6) is 5.75 Å². The third kappa shape index (κ3) is 5.10. The van der Waals surface area contributed by atoms with Crippen LogP contribution in [-0.2, 0) is 19.6 Å². The predicted octanol–water partition coefficient (Wildman–Crippen LogP) is 2.97. The van der Waals surface area contributed by atoms with Gasteiger partial charge in [-0.25, -0.2) is 13.2 Å². The number of ether oxygens (including phenoxy) is 2. The lowest BCUT2D eigenvalue weighted by Crippen LogP contribution is -2.47. The summed E-state index contributed by atoms with van der Waals surface area (Å²) in [4.78, 5) is 25.0. The van der Waals surface area contributed by atoms with Crippen molar-refractivity contribution in [3.63, 3.8) is 0 Å². The molecule has 0 spiro atoms. The van der Waals surface area contributed by atoms with E-state index >= 15 is 0 Å². The minimum atomic E-state index is -3.78. The molecule has 9 heteroatoms. The maximum absolute atomic E-state index is 13.1. The fraction of sp³-hybridized carbons (Fsp3) is 0.333. The van der Waals surface area contributed by atoms with Crippen LogP contribution < -0.4 is 14.4 Å². The quantitative estimate of drug-likeness (QED) is 0.641. The van der Waals surface area contributed by atoms with Crippen molar-refractivity contribution >= 4 is 33.3 Å². The van der Waals surface area contributed by atoms with Crippen molar-refractivity contribution in [3.8, 4) is 5.75 Å². The van der Waals surface area contributed by atoms with Crippen molar-refractivity contribution in [2.45, 2.75) is 26.3 Å². The number of nitrogens with zero attached hydrogens (tertiary/aromatic N) is 1. The van der Waals surface area contributed by atoms with Crippen LogP contribution in [0.1, 0.15) is 29.3 Å². The summed E-state index contributed by atoms with van der Waals surface area (Å²) in [6.07, 6.45) is 1.28. The largest absolute Gasteiger partial charge is 0.497 e. The Morgan fingerprint density at radius 1 is 1.13 bits per heavy atom. The van der Waals surface area contributed by atoms with Gasteiger partial charge < -0.3 is 14.8 Å². The molecular formula is C21H26N2O6S. The summed E-state index contributed by atoms with van der Waals surface area (Å²) in [5, 5.41) is 2.75. The highest BCUT2D eigenvalue weighted by Gasteiger charge is 2.32. The fourth-order valence-electron chi connectivity index (χ4n) is 3.13. The van der Waals surface area contributed by atoms with Gasteiger partial charge in [0.2, 0.25) is 15.9 Å². The number of esters is 1. The first-order valence-corrected chi connectivity index (χ1v) is 11.1. The van der Waals surface area contributed by atoms with Gasteiger partial charge in [-0.05, 0) is 43.2 Å². The van der Waals surface area contributed by atoms with Crippen molar-refractivity contribution in [1.82, 2.24) is 0 Å². The van der Waals surface area contributed by atoms with Gasteiger partial charge in [0, 0.05) is 11.8 Å². The molecule has 0 fully saturated rings. The van der Waals surface area contributed by atoms with E-state index in [2.05, 4.69) is 5.32 Å². The summed E-state index contributed by atoms with van der Waals surface area (Å²) in [7, 11) is -1.03. The monoisotopic (exact) mass is 434 g/mol. The highest BCUT2D eigenvalue weighted by Crippen LogP contribution is 2.27. The van der Waals surface area contributed by atoms with E-state index < -0.39 is 27.9 Å². The van der Waals surface area contributed by atoms with Gasteiger partial charge in [-0.2, -0.15) is 0 Å². The number of sulfonamides is 1. The van der Waals surface area contributed by atoms with Crippen LogP contribution in [0, 0.1) is 6.92 Å². The number of rotatable bonds is 8. The molecule has 0 aliphatic heterocycles. The van der Waals surface area contributed by atoms with E-state index in [1.54, 1.807) is 56.3 Å². The van der Waals surface area contributed by atoms with Gasteiger partial charge in [-0.1, -0.05) is 19.1 Å². The van der Waals surface area contributed by atoms with Crippen LogP contribution in [0.2, 0.25) is 0 Å². The van der Waals surface area contributed by atoms with Gasteiger partial charge in [-0.15, -0.1) is 0 Å². The van der Waals surface area contributed by atoms with Crippen molar-refractivity contribution < 1.29 is 27.5 Å². The third-order valence-corrected chi connectivity index (χ3v) is 5.81. The number of carbonyl (C=O) groups excluding carboxylic acids is 2. The van der Waals surface area contributed by atoms with Gasteiger partial charge in [0.1, 0.15) is 11.8 Å². The lowest BCUT2D eigenvalue weighted by molar-refractivity contribution is -0.117. The Kier molecular flexibility index (Phi) is 7.44. The lowest BCUT2D eigenvalue weighted by Gasteiger charge is -2.30. The number of nitrogens with one attached hydrogen (secondary N) is 1. The Balaban J connectivity index is 2.43. The Morgan fingerprint density at radius 3 is 2.37 bits per heavy atom. The second-order valence-electron chi connectivity index (χ2n) is 6.64.